The molecule has 2 N–H and O–H groups in total. The van der Waals surface area contributed by atoms with Crippen LogP contribution in [-0.4, -0.2) is 34.5 Å². The molecule has 182 valence electrons. The van der Waals surface area contributed by atoms with Crippen LogP contribution in [0.5, 0.6) is 0 Å². The molecule has 4 rings (SSSR count). The molecule has 1 fully saturated rings. The van der Waals surface area contributed by atoms with Crippen LogP contribution in [0.2, 0.25) is 10.0 Å². The number of thiophene rings is 1. The van der Waals surface area contributed by atoms with E-state index in [1.807, 2.05) is 6.07 Å². The van der Waals surface area contributed by atoms with Crippen molar-refractivity contribution in [3.05, 3.63) is 44.5 Å². The van der Waals surface area contributed by atoms with Gasteiger partial charge in [0.2, 0.25) is 0 Å². The smallest absolute Gasteiger partial charge is 0.436 e. The fourth-order valence-electron chi connectivity index (χ4n) is 3.52. The van der Waals surface area contributed by atoms with Crippen LogP contribution in [0, 0.1) is 0 Å². The summed E-state index contributed by atoms with van der Waals surface area (Å²) in [5.41, 5.74) is 0.133. The number of fused-ring (bicyclic) bond motifs is 1. The molecule has 0 amide bonds. The zero-order valence-electron chi connectivity index (χ0n) is 17.8. The topological polar surface area (TPSA) is 68.2 Å². The largest absolute Gasteiger partial charge is 0.465 e. The SMILES string of the molecule is COC(=O)c1sc2cc(NC(=S)NCCCn3nc(C(F)(F)F)c(Cl)c3C3CC3)ccc2c1Cl. The highest BCUT2D eigenvalue weighted by atomic mass is 35.5. The molecule has 6 nitrogen and oxygen atoms in total. The van der Waals surface area contributed by atoms with Crippen molar-refractivity contribution < 1.29 is 22.7 Å². The summed E-state index contributed by atoms with van der Waals surface area (Å²) in [6.07, 6.45) is -2.45. The number of aryl methyl sites for hydroxylation is 1. The van der Waals surface area contributed by atoms with Crippen molar-refractivity contribution >= 4 is 73.6 Å². The first-order valence-corrected chi connectivity index (χ1v) is 12.3. The summed E-state index contributed by atoms with van der Waals surface area (Å²) in [5, 5.41) is 11.0. The first-order chi connectivity index (χ1) is 16.1. The molecule has 0 spiro atoms. The number of anilines is 1. The van der Waals surface area contributed by atoms with Gasteiger partial charge in [0.25, 0.3) is 0 Å². The monoisotopic (exact) mass is 550 g/mol. The lowest BCUT2D eigenvalue weighted by Gasteiger charge is -2.11. The van der Waals surface area contributed by atoms with Crippen molar-refractivity contribution in [3.63, 3.8) is 0 Å². The third-order valence-corrected chi connectivity index (χ3v) is 7.51. The van der Waals surface area contributed by atoms with Crippen molar-refractivity contribution in [2.24, 2.45) is 0 Å². The van der Waals surface area contributed by atoms with Crippen LogP contribution >= 0.6 is 46.8 Å². The van der Waals surface area contributed by atoms with E-state index in [4.69, 9.17) is 40.2 Å². The van der Waals surface area contributed by atoms with Crippen LogP contribution in [0.1, 0.15) is 46.2 Å². The molecule has 3 aromatic rings. The van der Waals surface area contributed by atoms with E-state index in [2.05, 4.69) is 15.7 Å². The summed E-state index contributed by atoms with van der Waals surface area (Å²) in [5.74, 6) is -0.462. The third kappa shape index (κ3) is 5.27. The molecule has 1 aliphatic rings. The summed E-state index contributed by atoms with van der Waals surface area (Å²) >= 11 is 18.8. The highest BCUT2D eigenvalue weighted by Gasteiger charge is 2.41. The molecule has 1 aliphatic carbocycles. The number of ether oxygens (including phenoxy) is 1. The van der Waals surface area contributed by atoms with E-state index >= 15 is 0 Å². The number of halogens is 5. The van der Waals surface area contributed by atoms with Crippen molar-refractivity contribution in [1.29, 1.82) is 0 Å². The average Bonchev–Trinajstić information content (AvgIpc) is 3.48. The van der Waals surface area contributed by atoms with Crippen LogP contribution in [0.15, 0.2) is 18.2 Å². The van der Waals surface area contributed by atoms with Crippen LogP contribution < -0.4 is 10.6 Å². The van der Waals surface area contributed by atoms with Crippen LogP contribution in [-0.2, 0) is 17.5 Å². The summed E-state index contributed by atoms with van der Waals surface area (Å²) in [4.78, 5) is 12.2. The van der Waals surface area contributed by atoms with Gasteiger partial charge in [0, 0.05) is 34.8 Å². The predicted octanol–water partition coefficient (Wildman–Crippen LogP) is 6.46. The lowest BCUT2D eigenvalue weighted by Crippen LogP contribution is -2.29. The summed E-state index contributed by atoms with van der Waals surface area (Å²) in [7, 11) is 1.29. The number of methoxy groups -OCH3 is 1. The van der Waals surface area contributed by atoms with Gasteiger partial charge in [-0.15, -0.1) is 11.3 Å². The Balaban J connectivity index is 1.34. The van der Waals surface area contributed by atoms with E-state index in [0.29, 0.717) is 39.4 Å². The summed E-state index contributed by atoms with van der Waals surface area (Å²) < 4.78 is 46.4. The Labute approximate surface area is 212 Å². The lowest BCUT2D eigenvalue weighted by molar-refractivity contribution is -0.141. The Morgan fingerprint density at radius 3 is 2.71 bits per heavy atom. The number of esters is 1. The number of nitrogens with zero attached hydrogens (tertiary/aromatic N) is 2. The minimum Gasteiger partial charge on any atom is -0.465 e. The van der Waals surface area contributed by atoms with Crippen molar-refractivity contribution in [2.75, 3.05) is 19.0 Å². The standard InChI is InChI=1S/C21H19Cl2F3N4O2S2/c1-32-19(31)17-14(22)12-6-5-11(9-13(12)34-17)28-20(33)27-7-2-8-30-16(10-3-4-10)15(23)18(29-30)21(24,25)26/h5-6,9-10H,2-4,7-8H2,1H3,(H2,27,28,33). The quantitative estimate of drug-likeness (QED) is 0.200. The molecular weight excluding hydrogens is 532 g/mol. The zero-order valence-corrected chi connectivity index (χ0v) is 20.9. The van der Waals surface area contributed by atoms with Gasteiger partial charge in [-0.2, -0.15) is 18.3 Å². The molecule has 2 aromatic heterocycles. The maximum Gasteiger partial charge on any atom is 0.436 e. The number of hydrogen-bond acceptors (Lipinski definition) is 5. The molecule has 0 unspecified atom stereocenters. The summed E-state index contributed by atoms with van der Waals surface area (Å²) in [6.45, 7) is 0.710. The Bertz CT molecular complexity index is 1260. The number of benzene rings is 1. The second kappa shape index (κ2) is 9.88. The molecule has 0 bridgehead atoms. The van der Waals surface area contributed by atoms with E-state index in [9.17, 15) is 18.0 Å². The third-order valence-electron chi connectivity index (χ3n) is 5.25. The molecule has 34 heavy (non-hydrogen) atoms. The van der Waals surface area contributed by atoms with Gasteiger partial charge in [0.15, 0.2) is 10.8 Å². The fraction of sp³-hybridized carbons (Fsp3) is 0.381. The molecule has 13 heteroatoms. The highest BCUT2D eigenvalue weighted by Crippen LogP contribution is 2.47. The highest BCUT2D eigenvalue weighted by molar-refractivity contribution is 7.80. The minimum absolute atomic E-state index is 0.0344. The van der Waals surface area contributed by atoms with Gasteiger partial charge in [-0.05, 0) is 49.7 Å². The van der Waals surface area contributed by atoms with Crippen molar-refractivity contribution in [1.82, 2.24) is 15.1 Å². The van der Waals surface area contributed by atoms with E-state index in [1.54, 1.807) is 12.1 Å². The molecule has 1 saturated carbocycles. The van der Waals surface area contributed by atoms with Gasteiger partial charge in [0.1, 0.15) is 4.88 Å². The number of aromatic nitrogens is 2. The molecular formula is C21H19Cl2F3N4O2S2. The van der Waals surface area contributed by atoms with Crippen molar-refractivity contribution in [3.8, 4) is 0 Å². The number of thiocarbonyl (C=S) groups is 1. The van der Waals surface area contributed by atoms with Gasteiger partial charge >= 0.3 is 12.1 Å². The average molecular weight is 551 g/mol. The molecule has 0 saturated heterocycles. The number of carbonyl (C=O) groups excluding carboxylic acids is 1. The van der Waals surface area contributed by atoms with E-state index in [1.165, 1.54) is 23.1 Å². The van der Waals surface area contributed by atoms with Gasteiger partial charge in [-0.1, -0.05) is 23.2 Å². The second-order valence-electron chi connectivity index (χ2n) is 7.73. The van der Waals surface area contributed by atoms with Crippen LogP contribution in [0.4, 0.5) is 18.9 Å². The summed E-state index contributed by atoms with van der Waals surface area (Å²) in [6, 6.07) is 5.38. The predicted molar refractivity (Wildman–Crippen MR) is 131 cm³/mol. The van der Waals surface area contributed by atoms with Gasteiger partial charge in [-0.3, -0.25) is 4.68 Å². The van der Waals surface area contributed by atoms with Gasteiger partial charge in [0.05, 0.1) is 22.8 Å². The molecule has 0 radical (unpaired) electrons. The number of carbonyl (C=O) groups is 1. The van der Waals surface area contributed by atoms with E-state index in [-0.39, 0.29) is 17.5 Å². The molecule has 0 aliphatic heterocycles. The molecule has 0 atom stereocenters. The number of hydrogen-bond donors (Lipinski definition) is 2. The van der Waals surface area contributed by atoms with Crippen molar-refractivity contribution in [2.45, 2.75) is 37.9 Å². The lowest BCUT2D eigenvalue weighted by atomic mass is 10.2. The number of rotatable bonds is 7. The van der Waals surface area contributed by atoms with Crippen LogP contribution in [0.3, 0.4) is 0 Å². The fourth-order valence-corrected chi connectivity index (χ4v) is 5.61. The van der Waals surface area contributed by atoms with Gasteiger partial charge < -0.3 is 15.4 Å². The Hall–Kier alpha value is -2.08. The maximum absolute atomic E-state index is 13.2. The van der Waals surface area contributed by atoms with E-state index < -0.39 is 17.8 Å². The Morgan fingerprint density at radius 1 is 1.32 bits per heavy atom. The minimum atomic E-state index is -4.58. The molecule has 2 heterocycles. The van der Waals surface area contributed by atoms with E-state index in [0.717, 1.165) is 22.9 Å². The van der Waals surface area contributed by atoms with Gasteiger partial charge in [-0.25, -0.2) is 4.79 Å². The van der Waals surface area contributed by atoms with Crippen LogP contribution in [0.25, 0.3) is 10.1 Å². The normalized spacial score (nSPS) is 13.8. The number of alkyl halides is 3. The second-order valence-corrected chi connectivity index (χ2v) is 9.94. The first-order valence-electron chi connectivity index (χ1n) is 10.3. The Kier molecular flexibility index (Phi) is 7.28. The zero-order chi connectivity index (χ0) is 24.6. The molecule has 1 aromatic carbocycles. The Morgan fingerprint density at radius 2 is 2.06 bits per heavy atom. The first kappa shape index (κ1) is 25.0. The maximum atomic E-state index is 13.2. The number of nitrogens with one attached hydrogen (secondary N) is 2.